The third-order valence-electron chi connectivity index (χ3n) is 3.68. The molecule has 1 aliphatic heterocycles. The summed E-state index contributed by atoms with van der Waals surface area (Å²) in [5, 5.41) is 19.0. The van der Waals surface area contributed by atoms with Gasteiger partial charge in [0, 0.05) is 37.7 Å². The predicted molar refractivity (Wildman–Crippen MR) is 95.5 cm³/mol. The van der Waals surface area contributed by atoms with Crippen LogP contribution in [0.2, 0.25) is 5.02 Å². The van der Waals surface area contributed by atoms with Crippen LogP contribution in [-0.2, 0) is 16.0 Å². The summed E-state index contributed by atoms with van der Waals surface area (Å²) in [5.41, 5.74) is 1.15. The smallest absolute Gasteiger partial charge is 0.414 e. The zero-order valence-corrected chi connectivity index (χ0v) is 15.1. The second-order valence-electron chi connectivity index (χ2n) is 5.51. The maximum atomic E-state index is 9.10. The average Bonchev–Trinajstić information content (AvgIpc) is 2.61. The SMILES string of the molecule is CCc1cc(OCCCN2CCNCC2)ccc1Cl.O=C(O)C(=O)O. The van der Waals surface area contributed by atoms with Crippen LogP contribution >= 0.6 is 11.6 Å². The summed E-state index contributed by atoms with van der Waals surface area (Å²) < 4.78 is 5.79. The minimum atomic E-state index is -1.82. The number of ether oxygens (including phenoxy) is 1. The van der Waals surface area contributed by atoms with Crippen molar-refractivity contribution in [3.05, 3.63) is 28.8 Å². The number of carbonyl (C=O) groups is 2. The lowest BCUT2D eigenvalue weighted by atomic mass is 10.1. The molecule has 1 saturated heterocycles. The van der Waals surface area contributed by atoms with E-state index in [-0.39, 0.29) is 0 Å². The minimum Gasteiger partial charge on any atom is -0.494 e. The zero-order chi connectivity index (χ0) is 18.7. The number of aryl methyl sites for hydroxylation is 1. The molecule has 3 N–H and O–H groups in total. The van der Waals surface area contributed by atoms with Crippen LogP contribution in [0.25, 0.3) is 0 Å². The third-order valence-corrected chi connectivity index (χ3v) is 4.05. The summed E-state index contributed by atoms with van der Waals surface area (Å²) >= 11 is 6.09. The fourth-order valence-corrected chi connectivity index (χ4v) is 2.58. The molecule has 1 fully saturated rings. The van der Waals surface area contributed by atoms with E-state index in [0.717, 1.165) is 68.5 Å². The Bertz CT molecular complexity index is 550. The Morgan fingerprint density at radius 1 is 1.24 bits per heavy atom. The molecular formula is C17H25ClN2O5. The van der Waals surface area contributed by atoms with Gasteiger partial charge in [-0.2, -0.15) is 0 Å². The number of hydrogen-bond acceptors (Lipinski definition) is 5. The largest absolute Gasteiger partial charge is 0.494 e. The number of aliphatic carboxylic acids is 2. The lowest BCUT2D eigenvalue weighted by molar-refractivity contribution is -0.159. The lowest BCUT2D eigenvalue weighted by Crippen LogP contribution is -2.43. The molecule has 0 unspecified atom stereocenters. The van der Waals surface area contributed by atoms with E-state index >= 15 is 0 Å². The van der Waals surface area contributed by atoms with E-state index in [1.54, 1.807) is 0 Å². The second kappa shape index (κ2) is 11.7. The molecule has 25 heavy (non-hydrogen) atoms. The Kier molecular flexibility index (Phi) is 9.91. The molecule has 2 rings (SSSR count). The number of carboxylic acids is 2. The molecule has 0 atom stereocenters. The van der Waals surface area contributed by atoms with Crippen LogP contribution in [0.3, 0.4) is 0 Å². The summed E-state index contributed by atoms with van der Waals surface area (Å²) in [4.78, 5) is 20.7. The quantitative estimate of drug-likeness (QED) is 0.516. The van der Waals surface area contributed by atoms with E-state index in [9.17, 15) is 0 Å². The lowest BCUT2D eigenvalue weighted by Gasteiger charge is -2.26. The first-order valence-electron chi connectivity index (χ1n) is 8.24. The Morgan fingerprint density at radius 3 is 2.44 bits per heavy atom. The monoisotopic (exact) mass is 372 g/mol. The van der Waals surface area contributed by atoms with Crippen LogP contribution in [0.15, 0.2) is 18.2 Å². The summed E-state index contributed by atoms with van der Waals surface area (Å²) in [6, 6.07) is 5.92. The minimum absolute atomic E-state index is 0.773. The van der Waals surface area contributed by atoms with Crippen molar-refractivity contribution in [2.75, 3.05) is 39.3 Å². The Hall–Kier alpha value is -1.83. The third kappa shape index (κ3) is 8.72. The second-order valence-corrected chi connectivity index (χ2v) is 5.92. The topological polar surface area (TPSA) is 99.1 Å². The molecule has 0 spiro atoms. The summed E-state index contributed by atoms with van der Waals surface area (Å²) in [7, 11) is 0. The van der Waals surface area contributed by atoms with Crippen molar-refractivity contribution in [3.63, 3.8) is 0 Å². The molecule has 1 heterocycles. The van der Waals surface area contributed by atoms with Gasteiger partial charge in [0.25, 0.3) is 0 Å². The van der Waals surface area contributed by atoms with Gasteiger partial charge in [-0.3, -0.25) is 0 Å². The van der Waals surface area contributed by atoms with Gasteiger partial charge < -0.3 is 25.2 Å². The van der Waals surface area contributed by atoms with E-state index in [1.165, 1.54) is 0 Å². The highest BCUT2D eigenvalue weighted by Crippen LogP contribution is 2.22. The van der Waals surface area contributed by atoms with Crippen molar-refractivity contribution in [2.45, 2.75) is 19.8 Å². The number of halogens is 1. The first-order chi connectivity index (χ1) is 11.9. The maximum absolute atomic E-state index is 9.10. The van der Waals surface area contributed by atoms with E-state index < -0.39 is 11.9 Å². The number of nitrogens with zero attached hydrogens (tertiary/aromatic N) is 1. The van der Waals surface area contributed by atoms with Crippen molar-refractivity contribution in [2.24, 2.45) is 0 Å². The van der Waals surface area contributed by atoms with Gasteiger partial charge in [-0.15, -0.1) is 0 Å². The first kappa shape index (κ1) is 21.2. The number of piperazine rings is 1. The Labute approximate surface area is 152 Å². The molecule has 1 aromatic carbocycles. The van der Waals surface area contributed by atoms with Gasteiger partial charge in [0.2, 0.25) is 0 Å². The van der Waals surface area contributed by atoms with Crippen molar-refractivity contribution in [1.82, 2.24) is 10.2 Å². The van der Waals surface area contributed by atoms with Crippen LogP contribution < -0.4 is 10.1 Å². The van der Waals surface area contributed by atoms with Crippen molar-refractivity contribution in [1.29, 1.82) is 0 Å². The van der Waals surface area contributed by atoms with E-state index in [1.807, 2.05) is 18.2 Å². The Balaban J connectivity index is 0.000000450. The molecule has 0 saturated carbocycles. The van der Waals surface area contributed by atoms with Gasteiger partial charge in [-0.1, -0.05) is 18.5 Å². The normalized spacial score (nSPS) is 14.3. The fraction of sp³-hybridized carbons (Fsp3) is 0.529. The molecule has 8 heteroatoms. The highest BCUT2D eigenvalue weighted by molar-refractivity contribution is 6.31. The predicted octanol–water partition coefficient (Wildman–Crippen LogP) is 1.73. The molecule has 140 valence electrons. The number of hydrogen-bond donors (Lipinski definition) is 3. The fourth-order valence-electron chi connectivity index (χ4n) is 2.32. The maximum Gasteiger partial charge on any atom is 0.414 e. The van der Waals surface area contributed by atoms with Crippen molar-refractivity contribution in [3.8, 4) is 5.75 Å². The van der Waals surface area contributed by atoms with Gasteiger partial charge >= 0.3 is 11.9 Å². The van der Waals surface area contributed by atoms with Crippen LogP contribution in [0.5, 0.6) is 5.75 Å². The molecule has 1 aliphatic rings. The van der Waals surface area contributed by atoms with Crippen LogP contribution in [0, 0.1) is 0 Å². The number of rotatable bonds is 6. The molecule has 0 amide bonds. The Morgan fingerprint density at radius 2 is 1.88 bits per heavy atom. The van der Waals surface area contributed by atoms with Gasteiger partial charge in [-0.05, 0) is 36.6 Å². The molecular weight excluding hydrogens is 348 g/mol. The molecule has 0 radical (unpaired) electrons. The van der Waals surface area contributed by atoms with Gasteiger partial charge in [-0.25, -0.2) is 9.59 Å². The molecule has 0 bridgehead atoms. The summed E-state index contributed by atoms with van der Waals surface area (Å²) in [6.45, 7) is 8.53. The number of nitrogens with one attached hydrogen (secondary N) is 1. The van der Waals surface area contributed by atoms with E-state index in [0.29, 0.717) is 0 Å². The standard InChI is InChI=1S/C15H23ClN2O.C2H2O4/c1-2-13-12-14(4-5-15(13)16)19-11-3-8-18-9-6-17-7-10-18;3-1(4)2(5)6/h4-5,12,17H,2-3,6-11H2,1H3;(H,3,4)(H,5,6). The zero-order valence-electron chi connectivity index (χ0n) is 14.3. The summed E-state index contributed by atoms with van der Waals surface area (Å²) in [5.74, 6) is -2.72. The van der Waals surface area contributed by atoms with Gasteiger partial charge in [0.15, 0.2) is 0 Å². The average molecular weight is 373 g/mol. The molecule has 0 aliphatic carbocycles. The van der Waals surface area contributed by atoms with E-state index in [4.69, 9.17) is 36.1 Å². The number of benzene rings is 1. The number of carboxylic acid groups (broad SMARTS) is 2. The highest BCUT2D eigenvalue weighted by atomic mass is 35.5. The van der Waals surface area contributed by atoms with Gasteiger partial charge in [0.05, 0.1) is 6.61 Å². The van der Waals surface area contributed by atoms with E-state index in [2.05, 4.69) is 17.1 Å². The summed E-state index contributed by atoms with van der Waals surface area (Å²) in [6.07, 6.45) is 2.01. The first-order valence-corrected chi connectivity index (χ1v) is 8.62. The molecule has 0 aromatic heterocycles. The van der Waals surface area contributed by atoms with Gasteiger partial charge in [0.1, 0.15) is 5.75 Å². The van der Waals surface area contributed by atoms with Crippen molar-refractivity contribution >= 4 is 23.5 Å². The highest BCUT2D eigenvalue weighted by Gasteiger charge is 2.08. The molecule has 1 aromatic rings. The van der Waals surface area contributed by atoms with Crippen molar-refractivity contribution < 1.29 is 24.5 Å². The molecule has 7 nitrogen and oxygen atoms in total. The van der Waals surface area contributed by atoms with Crippen LogP contribution in [0.1, 0.15) is 18.9 Å². The van der Waals surface area contributed by atoms with Crippen LogP contribution in [-0.4, -0.2) is 66.4 Å². The van der Waals surface area contributed by atoms with Crippen LogP contribution in [0.4, 0.5) is 0 Å².